The molecule has 0 fully saturated rings. The molecule has 0 saturated heterocycles. The molecule has 1 rings (SSSR count). The molecule has 0 aliphatic carbocycles. The maximum Gasteiger partial charge on any atom is 0.330 e. The Kier molecular flexibility index (Phi) is 8.85. The molecule has 0 saturated carbocycles. The van der Waals surface area contributed by atoms with Crippen LogP contribution >= 0.6 is 0 Å². The first kappa shape index (κ1) is 20.3. The summed E-state index contributed by atoms with van der Waals surface area (Å²) >= 11 is 0. The van der Waals surface area contributed by atoms with Crippen LogP contribution in [-0.2, 0) is 19.1 Å². The third-order valence-corrected chi connectivity index (χ3v) is 3.04. The summed E-state index contributed by atoms with van der Waals surface area (Å²) in [4.78, 5) is 22.0. The van der Waals surface area contributed by atoms with Crippen molar-refractivity contribution in [1.29, 1.82) is 0 Å². The normalized spacial score (nSPS) is 12.4. The van der Waals surface area contributed by atoms with Gasteiger partial charge in [-0.15, -0.1) is 0 Å². The lowest BCUT2D eigenvalue weighted by molar-refractivity contribution is -0.140. The van der Waals surface area contributed by atoms with Crippen LogP contribution in [0.1, 0.15) is 20.3 Å². The summed E-state index contributed by atoms with van der Waals surface area (Å²) in [5.74, 6) is 0.299. The molecule has 1 aromatic carbocycles. The summed E-state index contributed by atoms with van der Waals surface area (Å²) in [6.45, 7) is 10.7. The molecule has 0 bridgehead atoms. The van der Waals surface area contributed by atoms with Gasteiger partial charge < -0.3 is 18.9 Å². The first-order valence-corrected chi connectivity index (χ1v) is 7.96. The summed E-state index contributed by atoms with van der Waals surface area (Å²) in [5, 5.41) is 0. The summed E-state index contributed by atoms with van der Waals surface area (Å²) in [5.41, 5.74) is 0. The van der Waals surface area contributed by atoms with Gasteiger partial charge in [0.1, 0.15) is 24.2 Å². The maximum atomic E-state index is 11.0. The second-order valence-corrected chi connectivity index (χ2v) is 5.33. The zero-order valence-corrected chi connectivity index (χ0v) is 14.6. The van der Waals surface area contributed by atoms with Crippen LogP contribution in [-0.4, -0.2) is 37.4 Å². The lowest BCUT2D eigenvalue weighted by Gasteiger charge is -2.17. The largest absolute Gasteiger partial charge is 0.490 e. The number of benzene rings is 1. The number of carbonyl (C=O) groups excluding carboxylic acids is 2. The van der Waals surface area contributed by atoms with Crippen molar-refractivity contribution >= 4 is 11.9 Å². The number of hydrogen-bond acceptors (Lipinski definition) is 6. The second-order valence-electron chi connectivity index (χ2n) is 5.33. The van der Waals surface area contributed by atoms with E-state index in [1.54, 1.807) is 25.1 Å². The van der Waals surface area contributed by atoms with Gasteiger partial charge in [0.25, 0.3) is 0 Å². The van der Waals surface area contributed by atoms with E-state index in [0.717, 1.165) is 12.2 Å². The number of rotatable bonds is 11. The Hall–Kier alpha value is -2.76. The molecule has 0 heterocycles. The molecule has 0 aromatic heterocycles. The van der Waals surface area contributed by atoms with E-state index in [1.807, 2.05) is 13.0 Å². The topological polar surface area (TPSA) is 71.1 Å². The first-order chi connectivity index (χ1) is 11.9. The highest BCUT2D eigenvalue weighted by atomic mass is 16.6. The molecule has 0 spiro atoms. The molecular formula is C19H24O6. The van der Waals surface area contributed by atoms with Crippen molar-refractivity contribution in [2.75, 3.05) is 13.2 Å². The molecule has 136 valence electrons. The van der Waals surface area contributed by atoms with Crippen molar-refractivity contribution in [3.8, 4) is 11.5 Å². The third kappa shape index (κ3) is 8.60. The van der Waals surface area contributed by atoms with E-state index in [0.29, 0.717) is 17.9 Å². The van der Waals surface area contributed by atoms with Crippen LogP contribution in [0.5, 0.6) is 11.5 Å². The maximum absolute atomic E-state index is 11.0. The van der Waals surface area contributed by atoms with Crippen LogP contribution < -0.4 is 9.47 Å². The van der Waals surface area contributed by atoms with E-state index in [9.17, 15) is 9.59 Å². The predicted octanol–water partition coefficient (Wildman–Crippen LogP) is 3.07. The molecule has 0 aliphatic heterocycles. The standard InChI is InChI=1S/C19H24O6/c1-5-18(20)22-11-10-14(3)24-16-8-7-9-17(12-16)25-15(4)13-23-19(21)6-2/h5-9,12,14-15H,1-2,10-11,13H2,3-4H3. The van der Waals surface area contributed by atoms with Crippen molar-refractivity contribution in [2.24, 2.45) is 0 Å². The molecule has 6 nitrogen and oxygen atoms in total. The Morgan fingerprint density at radius 1 is 1.00 bits per heavy atom. The number of ether oxygens (including phenoxy) is 4. The zero-order valence-electron chi connectivity index (χ0n) is 14.6. The minimum atomic E-state index is -0.487. The van der Waals surface area contributed by atoms with E-state index in [-0.39, 0.29) is 25.4 Å². The van der Waals surface area contributed by atoms with Gasteiger partial charge in [0.2, 0.25) is 0 Å². The predicted molar refractivity (Wildman–Crippen MR) is 93.6 cm³/mol. The summed E-state index contributed by atoms with van der Waals surface area (Å²) < 4.78 is 21.3. The van der Waals surface area contributed by atoms with Crippen LogP contribution in [0.25, 0.3) is 0 Å². The van der Waals surface area contributed by atoms with Crippen molar-refractivity contribution in [3.63, 3.8) is 0 Å². The van der Waals surface area contributed by atoms with Gasteiger partial charge in [-0.2, -0.15) is 0 Å². The van der Waals surface area contributed by atoms with E-state index in [4.69, 9.17) is 18.9 Å². The fraction of sp³-hybridized carbons (Fsp3) is 0.368. The Morgan fingerprint density at radius 3 is 2.16 bits per heavy atom. The summed E-state index contributed by atoms with van der Waals surface area (Å²) in [7, 11) is 0. The lowest BCUT2D eigenvalue weighted by Crippen LogP contribution is -2.21. The van der Waals surface area contributed by atoms with E-state index in [1.165, 1.54) is 0 Å². The van der Waals surface area contributed by atoms with Crippen LogP contribution in [0.3, 0.4) is 0 Å². The molecule has 25 heavy (non-hydrogen) atoms. The molecule has 0 aliphatic rings. The summed E-state index contributed by atoms with van der Waals surface area (Å²) in [6.07, 6.45) is 2.33. The molecule has 0 radical (unpaired) electrons. The fourth-order valence-electron chi connectivity index (χ4n) is 1.82. The SMILES string of the molecule is C=CC(=O)OCCC(C)Oc1cccc(OC(C)COC(=O)C=C)c1. The van der Waals surface area contributed by atoms with Crippen molar-refractivity contribution in [1.82, 2.24) is 0 Å². The van der Waals surface area contributed by atoms with Gasteiger partial charge in [0, 0.05) is 24.6 Å². The van der Waals surface area contributed by atoms with Crippen LogP contribution in [0, 0.1) is 0 Å². The average Bonchev–Trinajstić information content (AvgIpc) is 2.59. The highest BCUT2D eigenvalue weighted by Crippen LogP contribution is 2.22. The zero-order chi connectivity index (χ0) is 18.7. The number of esters is 2. The van der Waals surface area contributed by atoms with E-state index < -0.39 is 11.9 Å². The molecule has 1 aromatic rings. The van der Waals surface area contributed by atoms with Crippen molar-refractivity contribution in [3.05, 3.63) is 49.6 Å². The Balaban J connectivity index is 2.45. The highest BCUT2D eigenvalue weighted by Gasteiger charge is 2.09. The van der Waals surface area contributed by atoms with Gasteiger partial charge in [0.15, 0.2) is 0 Å². The minimum absolute atomic E-state index is 0.126. The van der Waals surface area contributed by atoms with Crippen LogP contribution in [0.2, 0.25) is 0 Å². The highest BCUT2D eigenvalue weighted by molar-refractivity contribution is 5.81. The van der Waals surface area contributed by atoms with Gasteiger partial charge in [-0.25, -0.2) is 9.59 Å². The van der Waals surface area contributed by atoms with Gasteiger partial charge in [0.05, 0.1) is 12.7 Å². The quantitative estimate of drug-likeness (QED) is 0.452. The molecule has 6 heteroatoms. The Bertz CT molecular complexity index is 595. The molecule has 2 unspecified atom stereocenters. The molecule has 2 atom stereocenters. The van der Waals surface area contributed by atoms with Gasteiger partial charge in [-0.3, -0.25) is 0 Å². The average molecular weight is 348 g/mol. The van der Waals surface area contributed by atoms with Gasteiger partial charge in [-0.1, -0.05) is 19.2 Å². The van der Waals surface area contributed by atoms with E-state index >= 15 is 0 Å². The van der Waals surface area contributed by atoms with Crippen molar-refractivity contribution < 1.29 is 28.5 Å². The fourth-order valence-corrected chi connectivity index (χ4v) is 1.82. The Morgan fingerprint density at radius 2 is 1.56 bits per heavy atom. The summed E-state index contributed by atoms with van der Waals surface area (Å²) in [6, 6.07) is 7.15. The Labute approximate surface area is 148 Å². The van der Waals surface area contributed by atoms with Gasteiger partial charge >= 0.3 is 11.9 Å². The smallest absolute Gasteiger partial charge is 0.330 e. The number of hydrogen-bond donors (Lipinski definition) is 0. The van der Waals surface area contributed by atoms with Crippen molar-refractivity contribution in [2.45, 2.75) is 32.5 Å². The van der Waals surface area contributed by atoms with Crippen LogP contribution in [0.4, 0.5) is 0 Å². The molecule has 0 amide bonds. The second kappa shape index (κ2) is 10.9. The third-order valence-electron chi connectivity index (χ3n) is 3.04. The van der Waals surface area contributed by atoms with E-state index in [2.05, 4.69) is 13.2 Å². The first-order valence-electron chi connectivity index (χ1n) is 7.96. The number of carbonyl (C=O) groups is 2. The minimum Gasteiger partial charge on any atom is -0.490 e. The molecular weight excluding hydrogens is 324 g/mol. The monoisotopic (exact) mass is 348 g/mol. The van der Waals surface area contributed by atoms with Crippen LogP contribution in [0.15, 0.2) is 49.6 Å². The molecule has 0 N–H and O–H groups in total. The lowest BCUT2D eigenvalue weighted by atomic mass is 10.3. The van der Waals surface area contributed by atoms with Gasteiger partial charge in [-0.05, 0) is 26.0 Å².